The molecule has 0 bridgehead atoms. The van der Waals surface area contributed by atoms with E-state index >= 15 is 0 Å². The van der Waals surface area contributed by atoms with Gasteiger partial charge >= 0.3 is 0 Å². The van der Waals surface area contributed by atoms with Gasteiger partial charge in [0.1, 0.15) is 23.0 Å². The number of hydrogen-bond donors (Lipinski definition) is 2. The van der Waals surface area contributed by atoms with Gasteiger partial charge in [-0.25, -0.2) is 0 Å². The lowest BCUT2D eigenvalue weighted by Crippen LogP contribution is -2.21. The molecule has 0 aromatic heterocycles. The van der Waals surface area contributed by atoms with Gasteiger partial charge in [0.2, 0.25) is 0 Å². The van der Waals surface area contributed by atoms with Crippen molar-refractivity contribution in [3.8, 4) is 23.0 Å². The molecule has 1 aliphatic rings. The van der Waals surface area contributed by atoms with Crippen molar-refractivity contribution in [2.75, 3.05) is 0 Å². The van der Waals surface area contributed by atoms with Gasteiger partial charge in [-0.1, -0.05) is 71.9 Å². The second kappa shape index (κ2) is 6.80. The maximum absolute atomic E-state index is 10.6. The third-order valence-corrected chi connectivity index (χ3v) is 5.78. The van der Waals surface area contributed by atoms with Gasteiger partial charge < -0.3 is 14.9 Å². The van der Waals surface area contributed by atoms with Crippen molar-refractivity contribution >= 4 is 0 Å². The molecule has 3 nitrogen and oxygen atoms in total. The van der Waals surface area contributed by atoms with E-state index in [0.717, 1.165) is 39.3 Å². The number of benzene rings is 3. The minimum absolute atomic E-state index is 0.147. The summed E-state index contributed by atoms with van der Waals surface area (Å²) in [6.45, 7) is 12.7. The van der Waals surface area contributed by atoms with Crippen molar-refractivity contribution in [1.82, 2.24) is 0 Å². The fourth-order valence-corrected chi connectivity index (χ4v) is 4.32. The number of hydrogen-bond acceptors (Lipinski definition) is 3. The number of phenols is 2. The van der Waals surface area contributed by atoms with E-state index in [1.807, 2.05) is 30.3 Å². The molecule has 0 saturated heterocycles. The van der Waals surface area contributed by atoms with Crippen LogP contribution in [0, 0.1) is 0 Å². The fourth-order valence-electron chi connectivity index (χ4n) is 4.32. The van der Waals surface area contributed by atoms with Gasteiger partial charge in [-0.05, 0) is 40.7 Å². The molecule has 0 saturated carbocycles. The average molecular weight is 403 g/mol. The Bertz CT molecular complexity index is 1030. The molecule has 2 N–H and O–H groups in total. The summed E-state index contributed by atoms with van der Waals surface area (Å²) in [5.41, 5.74) is 4.46. The molecule has 0 aliphatic carbocycles. The Balaban J connectivity index is 2.10. The predicted molar refractivity (Wildman–Crippen MR) is 121 cm³/mol. The van der Waals surface area contributed by atoms with Crippen molar-refractivity contribution in [3.05, 3.63) is 82.4 Å². The van der Waals surface area contributed by atoms with Crippen LogP contribution in [0.25, 0.3) is 0 Å². The van der Waals surface area contributed by atoms with E-state index in [1.165, 1.54) is 0 Å². The molecular weight excluding hydrogens is 372 g/mol. The van der Waals surface area contributed by atoms with E-state index in [2.05, 4.69) is 53.7 Å². The molecule has 0 atom stereocenters. The van der Waals surface area contributed by atoms with E-state index in [4.69, 9.17) is 4.74 Å². The quantitative estimate of drug-likeness (QED) is 0.361. The molecule has 3 heteroatoms. The second-order valence-corrected chi connectivity index (χ2v) is 10.3. The van der Waals surface area contributed by atoms with Crippen LogP contribution < -0.4 is 4.74 Å². The van der Waals surface area contributed by atoms with Gasteiger partial charge in [-0.15, -0.1) is 0 Å². The number of rotatable bonds is 1. The molecule has 0 radical (unpaired) electrons. The standard InChI is InChI=1S/C27H30O3/c1-26(2,3)21-14-17(28)12-19-23(16-10-8-7-9-11-16)20-13-18(29)15-22(27(4,5)6)25(20)30-24(19)21/h7-15,23,28-29H,1-6H3. The molecule has 0 amide bonds. The third kappa shape index (κ3) is 3.43. The Morgan fingerprint density at radius 2 is 1.10 bits per heavy atom. The molecule has 1 aliphatic heterocycles. The van der Waals surface area contributed by atoms with Crippen molar-refractivity contribution in [1.29, 1.82) is 0 Å². The number of ether oxygens (including phenoxy) is 1. The lowest BCUT2D eigenvalue weighted by Gasteiger charge is -2.36. The Morgan fingerprint density at radius 1 is 0.667 bits per heavy atom. The minimum Gasteiger partial charge on any atom is -0.508 e. The first kappa shape index (κ1) is 20.3. The highest BCUT2D eigenvalue weighted by atomic mass is 16.5. The van der Waals surface area contributed by atoms with Gasteiger partial charge in [0.25, 0.3) is 0 Å². The zero-order chi connectivity index (χ0) is 21.8. The van der Waals surface area contributed by atoms with Crippen LogP contribution in [0.1, 0.15) is 75.3 Å². The monoisotopic (exact) mass is 402 g/mol. The van der Waals surface area contributed by atoms with Gasteiger partial charge in [-0.2, -0.15) is 0 Å². The summed E-state index contributed by atoms with van der Waals surface area (Å²) in [4.78, 5) is 0. The second-order valence-electron chi connectivity index (χ2n) is 10.3. The van der Waals surface area contributed by atoms with E-state index in [0.29, 0.717) is 0 Å². The van der Waals surface area contributed by atoms with Crippen molar-refractivity contribution < 1.29 is 14.9 Å². The van der Waals surface area contributed by atoms with Crippen molar-refractivity contribution in [3.63, 3.8) is 0 Å². The fraction of sp³-hybridized carbons (Fsp3) is 0.333. The predicted octanol–water partition coefficient (Wildman–Crippen LogP) is 6.98. The molecule has 156 valence electrons. The van der Waals surface area contributed by atoms with Gasteiger partial charge in [0, 0.05) is 28.2 Å². The number of fused-ring (bicyclic) bond motifs is 2. The lowest BCUT2D eigenvalue weighted by molar-refractivity contribution is 0.401. The van der Waals surface area contributed by atoms with Crippen molar-refractivity contribution in [2.45, 2.75) is 58.3 Å². The molecular formula is C27H30O3. The summed E-state index contributed by atoms with van der Waals surface area (Å²) < 4.78 is 6.63. The smallest absolute Gasteiger partial charge is 0.135 e. The van der Waals surface area contributed by atoms with E-state index in [-0.39, 0.29) is 28.2 Å². The Labute approximate surface area is 179 Å². The molecule has 0 spiro atoms. The van der Waals surface area contributed by atoms with E-state index in [1.54, 1.807) is 12.1 Å². The van der Waals surface area contributed by atoms with Gasteiger partial charge in [-0.3, -0.25) is 0 Å². The molecule has 0 fully saturated rings. The average Bonchev–Trinajstić information content (AvgIpc) is 2.64. The van der Waals surface area contributed by atoms with Crippen LogP contribution in [0.4, 0.5) is 0 Å². The highest BCUT2D eigenvalue weighted by molar-refractivity contribution is 5.66. The molecule has 30 heavy (non-hydrogen) atoms. The summed E-state index contributed by atoms with van der Waals surface area (Å²) in [5, 5.41) is 21.2. The zero-order valence-electron chi connectivity index (χ0n) is 18.6. The van der Waals surface area contributed by atoms with Crippen molar-refractivity contribution in [2.24, 2.45) is 0 Å². The van der Waals surface area contributed by atoms with Gasteiger partial charge in [0.15, 0.2) is 0 Å². The maximum atomic E-state index is 10.6. The first-order valence-electron chi connectivity index (χ1n) is 10.4. The summed E-state index contributed by atoms with van der Waals surface area (Å²) >= 11 is 0. The van der Waals surface area contributed by atoms with Crippen LogP contribution in [-0.4, -0.2) is 10.2 Å². The first-order chi connectivity index (χ1) is 14.0. The Kier molecular flexibility index (Phi) is 4.61. The topological polar surface area (TPSA) is 49.7 Å². The molecule has 0 unspecified atom stereocenters. The summed E-state index contributed by atoms with van der Waals surface area (Å²) in [5.74, 6) is 1.91. The molecule has 4 rings (SSSR count). The summed E-state index contributed by atoms with van der Waals surface area (Å²) in [6, 6.07) is 17.4. The van der Waals surface area contributed by atoms with Crippen LogP contribution in [0.2, 0.25) is 0 Å². The van der Waals surface area contributed by atoms with Crippen LogP contribution in [0.5, 0.6) is 23.0 Å². The zero-order valence-corrected chi connectivity index (χ0v) is 18.6. The Hall–Kier alpha value is -2.94. The summed E-state index contributed by atoms with van der Waals surface area (Å²) in [6.07, 6.45) is 0. The Morgan fingerprint density at radius 3 is 1.50 bits per heavy atom. The number of phenolic OH excluding ortho intramolecular Hbond substituents is 2. The minimum atomic E-state index is -0.208. The first-order valence-corrected chi connectivity index (χ1v) is 10.4. The van der Waals surface area contributed by atoms with Crippen LogP contribution >= 0.6 is 0 Å². The van der Waals surface area contributed by atoms with Gasteiger partial charge in [0.05, 0.1) is 0 Å². The number of aromatic hydroxyl groups is 2. The normalized spacial score (nSPS) is 14.1. The molecule has 3 aromatic carbocycles. The third-order valence-electron chi connectivity index (χ3n) is 5.78. The highest BCUT2D eigenvalue weighted by Gasteiger charge is 2.37. The van der Waals surface area contributed by atoms with Crippen LogP contribution in [0.3, 0.4) is 0 Å². The summed E-state index contributed by atoms with van der Waals surface area (Å²) in [7, 11) is 0. The highest BCUT2D eigenvalue weighted by Crippen LogP contribution is 2.55. The van der Waals surface area contributed by atoms with Crippen LogP contribution in [0.15, 0.2) is 54.6 Å². The molecule has 3 aromatic rings. The largest absolute Gasteiger partial charge is 0.508 e. The molecule has 1 heterocycles. The SMILES string of the molecule is CC(C)(C)c1cc(O)cc2c1Oc1c(cc(O)cc1C(C)(C)C)C2c1ccccc1. The van der Waals surface area contributed by atoms with E-state index in [9.17, 15) is 10.2 Å². The van der Waals surface area contributed by atoms with Crippen LogP contribution in [-0.2, 0) is 10.8 Å². The lowest BCUT2D eigenvalue weighted by atomic mass is 9.75. The maximum Gasteiger partial charge on any atom is 0.135 e. The van der Waals surface area contributed by atoms with E-state index < -0.39 is 0 Å².